The van der Waals surface area contributed by atoms with Gasteiger partial charge in [0.15, 0.2) is 0 Å². The second-order valence-electron chi connectivity index (χ2n) is 5.46. The van der Waals surface area contributed by atoms with E-state index in [1.165, 1.54) is 56.6 Å². The van der Waals surface area contributed by atoms with Crippen molar-refractivity contribution in [2.24, 2.45) is 0 Å². The van der Waals surface area contributed by atoms with E-state index in [1.54, 1.807) is 0 Å². The lowest BCUT2D eigenvalue weighted by Gasteiger charge is -2.26. The Hall–Kier alpha value is -1.80. The number of nitrogens with one attached hydrogen (secondary N) is 1. The number of benzene rings is 2. The molecule has 1 aliphatic rings. The summed E-state index contributed by atoms with van der Waals surface area (Å²) >= 11 is 0. The molecule has 1 aliphatic heterocycles. The van der Waals surface area contributed by atoms with Crippen molar-refractivity contribution in [3.63, 3.8) is 0 Å². The van der Waals surface area contributed by atoms with Crippen LogP contribution in [0.1, 0.15) is 28.0 Å². The fraction of sp³-hybridized carbons (Fsp3) is 0.368. The molecule has 2 aromatic rings. The highest BCUT2D eigenvalue weighted by Gasteiger charge is 2.08. The van der Waals surface area contributed by atoms with E-state index >= 15 is 0 Å². The monoisotopic (exact) mass is 283 g/mol. The molecule has 0 radical (unpaired) electrons. The zero-order valence-corrected chi connectivity index (χ0v) is 12.9. The minimum Gasteiger partial charge on any atom is -0.372 e. The Balaban J connectivity index is 0.000000847. The molecule has 0 unspecified atom stereocenters. The van der Waals surface area contributed by atoms with Gasteiger partial charge in [-0.25, -0.2) is 0 Å². The van der Waals surface area contributed by atoms with Crippen LogP contribution in [0.4, 0.5) is 5.69 Å². The minimum atomic E-state index is 0.963. The maximum atomic E-state index is 5.75. The molecule has 112 valence electrons. The smallest absolute Gasteiger partial charge is 0.0678 e. The molecule has 0 aromatic heterocycles. The number of rotatable bonds is 4. The second-order valence-corrected chi connectivity index (χ2v) is 5.46. The molecule has 3 rings (SSSR count). The van der Waals surface area contributed by atoms with Gasteiger partial charge in [0.05, 0.1) is 6.67 Å². The van der Waals surface area contributed by atoms with Crippen LogP contribution in [-0.2, 0) is 0 Å². The topological polar surface area (TPSA) is 15.3 Å². The molecule has 2 heteroatoms. The molecule has 1 heterocycles. The first-order chi connectivity index (χ1) is 10.9. The summed E-state index contributed by atoms with van der Waals surface area (Å²) in [5, 5.41) is 3.52. The lowest BCUT2D eigenvalue weighted by Crippen LogP contribution is -2.34. The quantitative estimate of drug-likeness (QED) is 0.863. The molecule has 1 fully saturated rings. The summed E-state index contributed by atoms with van der Waals surface area (Å²) in [5.74, 6) is 0. The first kappa shape index (κ1) is 14.2. The highest BCUT2D eigenvalue weighted by Crippen LogP contribution is 2.21. The van der Waals surface area contributed by atoms with E-state index < -0.39 is 0 Å². The zero-order chi connectivity index (χ0) is 15.6. The molecular formula is C19H26N2. The summed E-state index contributed by atoms with van der Waals surface area (Å²) in [4.78, 5) is 2.49. The van der Waals surface area contributed by atoms with E-state index in [9.17, 15) is 0 Å². The maximum absolute atomic E-state index is 5.75. The van der Waals surface area contributed by atoms with E-state index in [1.807, 2.05) is 0 Å². The largest absolute Gasteiger partial charge is 0.372 e. The van der Waals surface area contributed by atoms with Crippen molar-refractivity contribution in [3.05, 3.63) is 54.6 Å². The summed E-state index contributed by atoms with van der Waals surface area (Å²) in [6.45, 7) is 3.43. The van der Waals surface area contributed by atoms with Gasteiger partial charge in [0.2, 0.25) is 0 Å². The summed E-state index contributed by atoms with van der Waals surface area (Å²) in [7, 11) is 1.25. The normalized spacial score (nSPS) is 15.6. The molecular weight excluding hydrogens is 256 g/mol. The van der Waals surface area contributed by atoms with Crippen LogP contribution in [0, 0.1) is 0 Å². The molecule has 0 saturated carbocycles. The van der Waals surface area contributed by atoms with Gasteiger partial charge in [0.25, 0.3) is 0 Å². The van der Waals surface area contributed by atoms with Crippen LogP contribution in [0.2, 0.25) is 0 Å². The molecule has 2 aromatic carbocycles. The van der Waals surface area contributed by atoms with E-state index in [0.717, 1.165) is 6.67 Å². The highest BCUT2D eigenvalue weighted by atomic mass is 15.2. The predicted octanol–water partition coefficient (Wildman–Crippen LogP) is 4.85. The van der Waals surface area contributed by atoms with Gasteiger partial charge in [-0.15, -0.1) is 0 Å². The van der Waals surface area contributed by atoms with Crippen LogP contribution in [0.15, 0.2) is 54.6 Å². The van der Waals surface area contributed by atoms with Gasteiger partial charge < -0.3 is 5.32 Å². The Bertz CT molecular complexity index is 519. The van der Waals surface area contributed by atoms with E-state index in [0.29, 0.717) is 0 Å². The molecule has 1 N–H and O–H groups in total. The Morgan fingerprint density at radius 2 is 1.48 bits per heavy atom. The van der Waals surface area contributed by atoms with Gasteiger partial charge in [-0.3, -0.25) is 4.90 Å². The Labute approximate surface area is 130 Å². The van der Waals surface area contributed by atoms with E-state index in [2.05, 4.69) is 64.8 Å². The highest BCUT2D eigenvalue weighted by molar-refractivity contribution is 5.65. The standard InChI is InChI=1S/C18H22N2.CH4/c1-3-7-16(8-4-1)17-9-11-18(12-10-17)19-15-20-13-5-2-6-14-20;/h1,3-4,7-12,19H,2,5-6,13-15H2;1H4/i;1D. The number of piperidine rings is 1. The molecule has 2 nitrogen and oxygen atoms in total. The van der Waals surface area contributed by atoms with Crippen molar-refractivity contribution in [1.82, 2.24) is 4.90 Å². The summed E-state index contributed by atoms with van der Waals surface area (Å²) in [5.41, 5.74) is 3.75. The van der Waals surface area contributed by atoms with Crippen molar-refractivity contribution in [1.29, 1.82) is 0 Å². The van der Waals surface area contributed by atoms with Crippen molar-refractivity contribution in [2.45, 2.75) is 26.7 Å². The summed E-state index contributed by atoms with van der Waals surface area (Å²) in [6.07, 6.45) is 4.07. The first-order valence-electron chi connectivity index (χ1n) is 8.53. The third-order valence-corrected chi connectivity index (χ3v) is 3.95. The second kappa shape index (κ2) is 7.84. The van der Waals surface area contributed by atoms with Crippen LogP contribution in [0.25, 0.3) is 11.1 Å². The van der Waals surface area contributed by atoms with Crippen LogP contribution in [0.5, 0.6) is 0 Å². The SMILES string of the molecule is [2H]C.c1ccc(-c2ccc(NCN3CCCCC3)cc2)cc1. The van der Waals surface area contributed by atoms with Crippen molar-refractivity contribution in [2.75, 3.05) is 25.1 Å². The number of hydrogen-bond donors (Lipinski definition) is 1. The number of nitrogens with zero attached hydrogens (tertiary/aromatic N) is 1. The fourth-order valence-corrected chi connectivity index (χ4v) is 2.73. The fourth-order valence-electron chi connectivity index (χ4n) is 2.73. The first-order valence-corrected chi connectivity index (χ1v) is 7.53. The van der Waals surface area contributed by atoms with Crippen molar-refractivity contribution in [3.8, 4) is 11.1 Å². The van der Waals surface area contributed by atoms with Crippen molar-refractivity contribution < 1.29 is 1.37 Å². The predicted molar refractivity (Wildman–Crippen MR) is 92.5 cm³/mol. The molecule has 0 atom stereocenters. The van der Waals surface area contributed by atoms with Crippen molar-refractivity contribution >= 4 is 5.69 Å². The molecule has 21 heavy (non-hydrogen) atoms. The number of anilines is 1. The van der Waals surface area contributed by atoms with Gasteiger partial charge >= 0.3 is 0 Å². The van der Waals surface area contributed by atoms with Crippen LogP contribution < -0.4 is 5.32 Å². The number of hydrogen-bond acceptors (Lipinski definition) is 2. The summed E-state index contributed by atoms with van der Waals surface area (Å²) < 4.78 is 5.75. The Kier molecular flexibility index (Phi) is 5.29. The average Bonchev–Trinajstić information content (AvgIpc) is 2.64. The molecule has 0 aliphatic carbocycles. The van der Waals surface area contributed by atoms with Crippen LogP contribution in [-0.4, -0.2) is 24.7 Å². The molecule has 0 spiro atoms. The lowest BCUT2D eigenvalue weighted by atomic mass is 10.1. The van der Waals surface area contributed by atoms with Gasteiger partial charge in [0, 0.05) is 7.06 Å². The van der Waals surface area contributed by atoms with Gasteiger partial charge in [-0.05, 0) is 49.2 Å². The van der Waals surface area contributed by atoms with Crippen LogP contribution >= 0.6 is 0 Å². The van der Waals surface area contributed by atoms with Gasteiger partial charge in [0.1, 0.15) is 0 Å². The molecule has 0 amide bonds. The zero-order valence-electron chi connectivity index (χ0n) is 13.9. The molecule has 0 bridgehead atoms. The maximum Gasteiger partial charge on any atom is 0.0678 e. The van der Waals surface area contributed by atoms with Gasteiger partial charge in [-0.1, -0.05) is 56.3 Å². The minimum absolute atomic E-state index is 0.963. The third-order valence-electron chi connectivity index (χ3n) is 3.95. The number of likely N-dealkylation sites (tertiary alicyclic amines) is 1. The Morgan fingerprint density at radius 1 is 0.857 bits per heavy atom. The van der Waals surface area contributed by atoms with Gasteiger partial charge in [-0.2, -0.15) is 0 Å². The Morgan fingerprint density at radius 3 is 2.14 bits per heavy atom. The van der Waals surface area contributed by atoms with Crippen LogP contribution in [0.3, 0.4) is 0 Å². The molecule has 1 saturated heterocycles. The van der Waals surface area contributed by atoms with E-state index in [-0.39, 0.29) is 0 Å². The summed E-state index contributed by atoms with van der Waals surface area (Å²) in [6, 6.07) is 19.2. The third kappa shape index (κ3) is 4.33. The lowest BCUT2D eigenvalue weighted by molar-refractivity contribution is 0.244. The average molecular weight is 283 g/mol. The van der Waals surface area contributed by atoms with E-state index in [4.69, 9.17) is 1.37 Å².